The first kappa shape index (κ1) is 19.1. The Hall–Kier alpha value is -1.88. The maximum atomic E-state index is 13.5. The Balaban J connectivity index is 1.37. The van der Waals surface area contributed by atoms with E-state index >= 15 is 0 Å². The Morgan fingerprint density at radius 3 is 2.72 bits per heavy atom. The molecular weight excluding hydrogens is 364 g/mol. The molecular formula is C24H32N2O3. The van der Waals surface area contributed by atoms with E-state index in [1.807, 2.05) is 6.07 Å². The number of rotatable bonds is 3. The number of aryl methyl sites for hydroxylation is 1. The van der Waals surface area contributed by atoms with E-state index in [1.165, 1.54) is 24.0 Å². The SMILES string of the molecule is C[C@]12CC[C@@H]3c4ccc(O)cc4CC[C@H]3[C@@H]1CC(=O)N(CCN1CCCC1)C2=O. The Bertz CT molecular complexity index is 831. The number of phenolic OH excluding ortho intramolecular Hbond substituents is 1. The summed E-state index contributed by atoms with van der Waals surface area (Å²) in [5.74, 6) is 1.39. The van der Waals surface area contributed by atoms with Crippen molar-refractivity contribution < 1.29 is 14.7 Å². The molecule has 0 bridgehead atoms. The number of aromatic hydroxyl groups is 1. The highest BCUT2D eigenvalue weighted by Gasteiger charge is 2.57. The lowest BCUT2D eigenvalue weighted by molar-refractivity contribution is -0.167. The molecule has 5 heteroatoms. The maximum Gasteiger partial charge on any atom is 0.235 e. The molecule has 3 fully saturated rings. The standard InChI is InChI=1S/C24H32N2O3/c1-24-9-8-19-18-7-5-17(27)14-16(18)4-6-20(19)21(24)15-22(28)26(23(24)29)13-12-25-10-2-3-11-25/h5,7,14,19-21,27H,2-4,6,8-13,15H2,1H3/t19-,20-,21+,24+/m1/s1. The molecule has 2 aliphatic carbocycles. The van der Waals surface area contributed by atoms with Gasteiger partial charge in [0, 0.05) is 19.5 Å². The number of likely N-dealkylation sites (tertiary alicyclic amines) is 2. The first-order chi connectivity index (χ1) is 14.0. The van der Waals surface area contributed by atoms with E-state index in [9.17, 15) is 14.7 Å². The highest BCUT2D eigenvalue weighted by molar-refractivity contribution is 6.01. The first-order valence-electron chi connectivity index (χ1n) is 11.4. The number of fused-ring (bicyclic) bond motifs is 5. The van der Waals surface area contributed by atoms with Crippen LogP contribution in [0.5, 0.6) is 5.75 Å². The van der Waals surface area contributed by atoms with Crippen molar-refractivity contribution in [1.29, 1.82) is 0 Å². The number of carbonyl (C=O) groups is 2. The van der Waals surface area contributed by atoms with Crippen LogP contribution in [-0.4, -0.2) is 52.9 Å². The summed E-state index contributed by atoms with van der Waals surface area (Å²) in [7, 11) is 0. The van der Waals surface area contributed by atoms with E-state index in [1.54, 1.807) is 11.0 Å². The molecule has 1 saturated carbocycles. The van der Waals surface area contributed by atoms with Gasteiger partial charge in [0.05, 0.1) is 5.41 Å². The normalized spacial score (nSPS) is 34.7. The lowest BCUT2D eigenvalue weighted by Crippen LogP contribution is -2.60. The first-order valence-corrected chi connectivity index (χ1v) is 11.4. The molecule has 4 aliphatic rings. The third-order valence-electron chi connectivity index (χ3n) is 8.37. The molecule has 1 aromatic rings. The summed E-state index contributed by atoms with van der Waals surface area (Å²) >= 11 is 0. The van der Waals surface area contributed by atoms with Crippen LogP contribution < -0.4 is 0 Å². The number of imide groups is 1. The van der Waals surface area contributed by atoms with Gasteiger partial charge in [-0.1, -0.05) is 13.0 Å². The Morgan fingerprint density at radius 2 is 1.93 bits per heavy atom. The molecule has 156 valence electrons. The number of hydrogen-bond acceptors (Lipinski definition) is 4. The zero-order chi connectivity index (χ0) is 20.2. The van der Waals surface area contributed by atoms with Crippen molar-refractivity contribution in [3.8, 4) is 5.75 Å². The highest BCUT2D eigenvalue weighted by atomic mass is 16.3. The van der Waals surface area contributed by atoms with Gasteiger partial charge in [0.15, 0.2) is 0 Å². The van der Waals surface area contributed by atoms with Crippen molar-refractivity contribution in [3.05, 3.63) is 29.3 Å². The number of benzene rings is 1. The fourth-order valence-corrected chi connectivity index (χ4v) is 6.72. The van der Waals surface area contributed by atoms with Gasteiger partial charge in [0.1, 0.15) is 5.75 Å². The number of piperidine rings is 1. The maximum absolute atomic E-state index is 13.5. The predicted molar refractivity (Wildman–Crippen MR) is 111 cm³/mol. The highest BCUT2D eigenvalue weighted by Crippen LogP contribution is 2.58. The minimum Gasteiger partial charge on any atom is -0.508 e. The summed E-state index contributed by atoms with van der Waals surface area (Å²) in [6, 6.07) is 5.75. The van der Waals surface area contributed by atoms with Crippen molar-refractivity contribution in [1.82, 2.24) is 9.80 Å². The molecule has 1 N–H and O–H groups in total. The summed E-state index contributed by atoms with van der Waals surface area (Å²) in [5.41, 5.74) is 2.17. The second-order valence-electron chi connectivity index (χ2n) is 9.86. The van der Waals surface area contributed by atoms with Crippen molar-refractivity contribution >= 4 is 11.8 Å². The van der Waals surface area contributed by atoms with Crippen molar-refractivity contribution in [2.45, 2.75) is 57.8 Å². The molecule has 0 aromatic heterocycles. The van der Waals surface area contributed by atoms with Crippen molar-refractivity contribution in [3.63, 3.8) is 0 Å². The molecule has 0 unspecified atom stereocenters. The van der Waals surface area contributed by atoms with Gasteiger partial charge in [-0.25, -0.2) is 0 Å². The minimum absolute atomic E-state index is 0.0359. The van der Waals surface area contributed by atoms with Crippen LogP contribution in [0.25, 0.3) is 0 Å². The van der Waals surface area contributed by atoms with Gasteiger partial charge in [-0.05, 0) is 92.6 Å². The Morgan fingerprint density at radius 1 is 1.14 bits per heavy atom. The van der Waals surface area contributed by atoms with Crippen molar-refractivity contribution in [2.75, 3.05) is 26.2 Å². The molecule has 5 nitrogen and oxygen atoms in total. The monoisotopic (exact) mass is 396 g/mol. The topological polar surface area (TPSA) is 60.9 Å². The second kappa shape index (κ2) is 7.12. The number of phenols is 1. The molecule has 2 amide bonds. The molecule has 2 heterocycles. The third kappa shape index (κ3) is 3.09. The Labute approximate surface area is 173 Å². The van der Waals surface area contributed by atoms with Gasteiger partial charge in [0.25, 0.3) is 0 Å². The number of carbonyl (C=O) groups excluding carboxylic acids is 2. The molecule has 2 aliphatic heterocycles. The van der Waals surface area contributed by atoms with Gasteiger partial charge in [-0.2, -0.15) is 0 Å². The summed E-state index contributed by atoms with van der Waals surface area (Å²) in [4.78, 5) is 30.5. The predicted octanol–water partition coefficient (Wildman–Crippen LogP) is 3.31. The van der Waals surface area contributed by atoms with Crippen LogP contribution in [0.2, 0.25) is 0 Å². The largest absolute Gasteiger partial charge is 0.508 e. The summed E-state index contributed by atoms with van der Waals surface area (Å²) in [6.07, 6.45) is 6.75. The fraction of sp³-hybridized carbons (Fsp3) is 0.667. The molecule has 1 aromatic carbocycles. The van der Waals surface area contributed by atoms with E-state index in [2.05, 4.69) is 17.9 Å². The second-order valence-corrected chi connectivity index (χ2v) is 9.86. The fourth-order valence-electron chi connectivity index (χ4n) is 6.72. The lowest BCUT2D eigenvalue weighted by atomic mass is 9.52. The third-order valence-corrected chi connectivity index (χ3v) is 8.37. The van der Waals surface area contributed by atoms with Gasteiger partial charge < -0.3 is 10.0 Å². The number of nitrogens with zero attached hydrogens (tertiary/aromatic N) is 2. The molecule has 0 spiro atoms. The van der Waals surface area contributed by atoms with Crippen LogP contribution in [0.3, 0.4) is 0 Å². The summed E-state index contributed by atoms with van der Waals surface area (Å²) < 4.78 is 0. The molecule has 29 heavy (non-hydrogen) atoms. The molecule has 2 saturated heterocycles. The zero-order valence-electron chi connectivity index (χ0n) is 17.4. The van der Waals surface area contributed by atoms with Gasteiger partial charge >= 0.3 is 0 Å². The van der Waals surface area contributed by atoms with Gasteiger partial charge in [0.2, 0.25) is 11.8 Å². The number of amides is 2. The molecule has 4 atom stereocenters. The molecule has 0 radical (unpaired) electrons. The van der Waals surface area contributed by atoms with Crippen LogP contribution in [0.1, 0.15) is 62.5 Å². The smallest absolute Gasteiger partial charge is 0.235 e. The van der Waals surface area contributed by atoms with Crippen LogP contribution in [0.4, 0.5) is 0 Å². The van der Waals surface area contributed by atoms with Crippen LogP contribution in [0.15, 0.2) is 18.2 Å². The number of hydrogen-bond donors (Lipinski definition) is 1. The average molecular weight is 397 g/mol. The minimum atomic E-state index is -0.408. The average Bonchev–Trinajstić information content (AvgIpc) is 3.22. The van der Waals surface area contributed by atoms with Gasteiger partial charge in [-0.15, -0.1) is 0 Å². The van der Waals surface area contributed by atoms with E-state index in [0.717, 1.165) is 45.3 Å². The lowest BCUT2D eigenvalue weighted by Gasteiger charge is -2.54. The molecule has 5 rings (SSSR count). The van der Waals surface area contributed by atoms with E-state index in [4.69, 9.17) is 0 Å². The van der Waals surface area contributed by atoms with Crippen LogP contribution in [-0.2, 0) is 16.0 Å². The van der Waals surface area contributed by atoms with E-state index < -0.39 is 5.41 Å². The van der Waals surface area contributed by atoms with Crippen molar-refractivity contribution in [2.24, 2.45) is 17.3 Å². The van der Waals surface area contributed by atoms with Crippen LogP contribution in [0, 0.1) is 17.3 Å². The zero-order valence-corrected chi connectivity index (χ0v) is 17.4. The summed E-state index contributed by atoms with van der Waals surface area (Å²) in [6.45, 7) is 5.68. The van der Waals surface area contributed by atoms with E-state index in [-0.39, 0.29) is 17.7 Å². The van der Waals surface area contributed by atoms with Crippen LogP contribution >= 0.6 is 0 Å². The summed E-state index contributed by atoms with van der Waals surface area (Å²) in [5, 5.41) is 9.84. The quantitative estimate of drug-likeness (QED) is 0.797. The van der Waals surface area contributed by atoms with E-state index in [0.29, 0.717) is 30.6 Å². The van der Waals surface area contributed by atoms with Gasteiger partial charge in [-0.3, -0.25) is 14.5 Å². The Kier molecular flexibility index (Phi) is 4.69.